The van der Waals surface area contributed by atoms with Crippen molar-refractivity contribution in [3.8, 4) is 0 Å². The standard InChI is InChI=1S/C15H28O3Si3/c1-7-19(3,4)17-21(16,18-20(5,6)8-2)15-12-13-9-10-14(15)11-13/h7-10,13-16H,1-2,11-12H2,3-6H3. The summed E-state index contributed by atoms with van der Waals surface area (Å²) in [5.74, 6) is 1.00. The second-order valence-corrected chi connectivity index (χ2v) is 18.2. The molecule has 0 spiro atoms. The first-order valence-electron chi connectivity index (χ1n) is 7.69. The maximum atomic E-state index is 11.4. The van der Waals surface area contributed by atoms with Gasteiger partial charge in [0.25, 0.3) is 0 Å². The summed E-state index contributed by atoms with van der Waals surface area (Å²) in [6.45, 7) is 16.0. The Labute approximate surface area is 132 Å². The van der Waals surface area contributed by atoms with E-state index in [1.165, 1.54) is 0 Å². The maximum absolute atomic E-state index is 11.4. The van der Waals surface area contributed by atoms with Gasteiger partial charge in [-0.25, -0.2) is 0 Å². The average molecular weight is 341 g/mol. The molecule has 0 aliphatic heterocycles. The number of hydrogen-bond acceptors (Lipinski definition) is 3. The molecule has 0 aromatic rings. The molecule has 3 atom stereocenters. The predicted molar refractivity (Wildman–Crippen MR) is 94.6 cm³/mol. The molecule has 3 nitrogen and oxygen atoms in total. The van der Waals surface area contributed by atoms with Gasteiger partial charge in [-0.3, -0.25) is 0 Å². The second-order valence-electron chi connectivity index (χ2n) is 7.34. The van der Waals surface area contributed by atoms with Gasteiger partial charge in [0.05, 0.1) is 0 Å². The molecule has 0 amide bonds. The van der Waals surface area contributed by atoms with Crippen molar-refractivity contribution in [2.75, 3.05) is 0 Å². The third kappa shape index (κ3) is 3.75. The Hall–Kier alpha value is -0.249. The van der Waals surface area contributed by atoms with Gasteiger partial charge >= 0.3 is 8.80 Å². The molecule has 1 N–H and O–H groups in total. The van der Waals surface area contributed by atoms with Crippen molar-refractivity contribution in [2.24, 2.45) is 11.8 Å². The molecule has 2 rings (SSSR count). The van der Waals surface area contributed by atoms with Gasteiger partial charge < -0.3 is 13.0 Å². The van der Waals surface area contributed by atoms with Gasteiger partial charge in [-0.1, -0.05) is 23.6 Å². The van der Waals surface area contributed by atoms with Crippen LogP contribution in [0.25, 0.3) is 0 Å². The first-order chi connectivity index (χ1) is 9.61. The lowest BCUT2D eigenvalue weighted by molar-refractivity contribution is 0.220. The van der Waals surface area contributed by atoms with Gasteiger partial charge in [0, 0.05) is 5.54 Å². The molecule has 118 valence electrons. The van der Waals surface area contributed by atoms with E-state index in [1.54, 1.807) is 0 Å². The summed E-state index contributed by atoms with van der Waals surface area (Å²) in [7, 11) is -7.46. The molecule has 1 saturated carbocycles. The van der Waals surface area contributed by atoms with Crippen LogP contribution in [0.1, 0.15) is 12.8 Å². The summed E-state index contributed by atoms with van der Waals surface area (Å²) < 4.78 is 12.6. The molecule has 0 saturated heterocycles. The zero-order valence-electron chi connectivity index (χ0n) is 13.6. The Morgan fingerprint density at radius 1 is 1.00 bits per heavy atom. The molecule has 2 bridgehead atoms. The van der Waals surface area contributed by atoms with Crippen LogP contribution in [0.4, 0.5) is 0 Å². The van der Waals surface area contributed by atoms with Crippen molar-refractivity contribution in [1.82, 2.24) is 0 Å². The minimum absolute atomic E-state index is 0.144. The van der Waals surface area contributed by atoms with Crippen molar-refractivity contribution < 1.29 is 13.0 Å². The zero-order valence-corrected chi connectivity index (χ0v) is 16.6. The summed E-state index contributed by atoms with van der Waals surface area (Å²) in [4.78, 5) is 11.4. The summed E-state index contributed by atoms with van der Waals surface area (Å²) in [5.41, 5.74) is 3.89. The van der Waals surface area contributed by atoms with Gasteiger partial charge in [-0.2, -0.15) is 0 Å². The number of allylic oxidation sites excluding steroid dienone is 2. The topological polar surface area (TPSA) is 38.7 Å². The molecule has 0 radical (unpaired) electrons. The second kappa shape index (κ2) is 5.75. The monoisotopic (exact) mass is 340 g/mol. The molecule has 2 aliphatic carbocycles. The van der Waals surface area contributed by atoms with Gasteiger partial charge in [0.1, 0.15) is 0 Å². The van der Waals surface area contributed by atoms with Crippen molar-refractivity contribution in [3.05, 3.63) is 36.7 Å². The van der Waals surface area contributed by atoms with E-state index in [2.05, 4.69) is 51.5 Å². The molecule has 1 fully saturated rings. The van der Waals surface area contributed by atoms with E-state index in [9.17, 15) is 4.80 Å². The van der Waals surface area contributed by atoms with E-state index in [0.717, 1.165) is 12.8 Å². The molecule has 0 aromatic heterocycles. The Balaban J connectivity index is 2.27. The van der Waals surface area contributed by atoms with Crippen LogP contribution in [0.2, 0.25) is 31.7 Å². The summed E-state index contributed by atoms with van der Waals surface area (Å²) in [6, 6.07) is 0. The highest BCUT2D eigenvalue weighted by molar-refractivity contribution is 6.89. The van der Waals surface area contributed by atoms with Crippen LogP contribution in [0.3, 0.4) is 0 Å². The van der Waals surface area contributed by atoms with Gasteiger partial charge in [-0.05, 0) is 50.9 Å². The van der Waals surface area contributed by atoms with E-state index in [4.69, 9.17) is 8.23 Å². The summed E-state index contributed by atoms with van der Waals surface area (Å²) in [5, 5.41) is 0. The SMILES string of the molecule is C=C[Si](C)(C)O[Si](O)(O[Si](C)(C)C=C)C1CC2C=CC1C2. The minimum Gasteiger partial charge on any atom is -0.412 e. The molecule has 0 aromatic carbocycles. The van der Waals surface area contributed by atoms with E-state index in [0.29, 0.717) is 11.8 Å². The fourth-order valence-electron chi connectivity index (χ4n) is 3.21. The van der Waals surface area contributed by atoms with Crippen LogP contribution in [0.15, 0.2) is 36.7 Å². The lowest BCUT2D eigenvalue weighted by Gasteiger charge is -2.41. The molecule has 0 heterocycles. The van der Waals surface area contributed by atoms with Crippen LogP contribution in [-0.4, -0.2) is 30.2 Å². The first-order valence-corrected chi connectivity index (χ1v) is 15.5. The Morgan fingerprint density at radius 3 is 1.86 bits per heavy atom. The van der Waals surface area contributed by atoms with Gasteiger partial charge in [-0.15, -0.1) is 13.2 Å². The number of rotatable bonds is 7. The van der Waals surface area contributed by atoms with Crippen LogP contribution < -0.4 is 0 Å². The minimum atomic E-state index is -3.25. The number of hydrogen-bond donors (Lipinski definition) is 1. The lowest BCUT2D eigenvalue weighted by Crippen LogP contribution is -2.59. The third-order valence-corrected chi connectivity index (χ3v) is 14.7. The maximum Gasteiger partial charge on any atom is 0.481 e. The van der Waals surface area contributed by atoms with Crippen molar-refractivity contribution in [3.63, 3.8) is 0 Å². The van der Waals surface area contributed by atoms with Gasteiger partial charge in [0.15, 0.2) is 0 Å². The molecule has 3 unspecified atom stereocenters. The van der Waals surface area contributed by atoms with Crippen molar-refractivity contribution in [2.45, 2.75) is 44.6 Å². The smallest absolute Gasteiger partial charge is 0.412 e. The van der Waals surface area contributed by atoms with E-state index < -0.39 is 25.4 Å². The van der Waals surface area contributed by atoms with Crippen molar-refractivity contribution >= 4 is 25.4 Å². The van der Waals surface area contributed by atoms with Crippen LogP contribution >= 0.6 is 0 Å². The largest absolute Gasteiger partial charge is 0.481 e. The molecular formula is C15H28O3Si3. The third-order valence-electron chi connectivity index (χ3n) is 4.55. The molecule has 2 aliphatic rings. The van der Waals surface area contributed by atoms with Crippen LogP contribution in [0.5, 0.6) is 0 Å². The quantitative estimate of drug-likeness (QED) is 0.566. The fraction of sp³-hybridized carbons (Fsp3) is 0.600. The highest BCUT2D eigenvalue weighted by Gasteiger charge is 2.57. The van der Waals surface area contributed by atoms with Crippen LogP contribution in [-0.2, 0) is 8.23 Å². The zero-order chi connectivity index (χ0) is 15.9. The van der Waals surface area contributed by atoms with Crippen LogP contribution in [0, 0.1) is 11.8 Å². The highest BCUT2D eigenvalue weighted by Crippen LogP contribution is 2.52. The summed E-state index contributed by atoms with van der Waals surface area (Å²) >= 11 is 0. The predicted octanol–water partition coefficient (Wildman–Crippen LogP) is 3.78. The number of fused-ring (bicyclic) bond motifs is 2. The van der Waals surface area contributed by atoms with E-state index in [1.807, 2.05) is 11.4 Å². The van der Waals surface area contributed by atoms with Gasteiger partial charge in [0.2, 0.25) is 16.6 Å². The molecule has 6 heteroatoms. The van der Waals surface area contributed by atoms with Crippen molar-refractivity contribution in [1.29, 1.82) is 0 Å². The fourth-order valence-corrected chi connectivity index (χ4v) is 13.0. The molecular weight excluding hydrogens is 312 g/mol. The first kappa shape index (κ1) is 17.1. The van der Waals surface area contributed by atoms with E-state index in [-0.39, 0.29) is 5.54 Å². The Kier molecular flexibility index (Phi) is 4.69. The lowest BCUT2D eigenvalue weighted by atomic mass is 10.1. The Bertz CT molecular complexity index is 437. The molecule has 21 heavy (non-hydrogen) atoms. The Morgan fingerprint density at radius 2 is 1.52 bits per heavy atom. The van der Waals surface area contributed by atoms with E-state index >= 15 is 0 Å². The summed E-state index contributed by atoms with van der Waals surface area (Å²) in [6.07, 6.45) is 6.66. The normalized spacial score (nSPS) is 28.9. The highest BCUT2D eigenvalue weighted by atomic mass is 28.5. The average Bonchev–Trinajstić information content (AvgIpc) is 3.00.